The number of hydrogen-bond donors (Lipinski definition) is 0. The summed E-state index contributed by atoms with van der Waals surface area (Å²) in [5.74, 6) is 0.616. The molecule has 0 saturated heterocycles. The molecule has 94 valence electrons. The number of alkyl halides is 1. The van der Waals surface area contributed by atoms with Gasteiger partial charge in [-0.2, -0.15) is 0 Å². The molecule has 0 radical (unpaired) electrons. The molecule has 2 aromatic carbocycles. The number of rotatable bonds is 3. The molecule has 0 heterocycles. The van der Waals surface area contributed by atoms with Crippen LogP contribution in [-0.4, -0.2) is 0 Å². The Morgan fingerprint density at radius 1 is 1.11 bits per heavy atom. The molecule has 0 aliphatic carbocycles. The second-order valence-electron chi connectivity index (χ2n) is 4.29. The number of halogens is 2. The third-order valence-corrected chi connectivity index (χ3v) is 3.21. The first-order valence-corrected chi connectivity index (χ1v) is 6.82. The fourth-order valence-corrected chi connectivity index (χ4v) is 2.32. The van der Waals surface area contributed by atoms with Gasteiger partial charge in [0.15, 0.2) is 11.6 Å². The first-order chi connectivity index (χ1) is 8.60. The maximum Gasteiger partial charge on any atom is 0.167 e. The van der Waals surface area contributed by atoms with Gasteiger partial charge >= 0.3 is 0 Å². The van der Waals surface area contributed by atoms with Gasteiger partial charge in [-0.3, -0.25) is 0 Å². The van der Waals surface area contributed by atoms with E-state index in [4.69, 9.17) is 4.74 Å². The lowest BCUT2D eigenvalue weighted by Gasteiger charge is -2.11. The normalized spacial score (nSPS) is 10.4. The van der Waals surface area contributed by atoms with Gasteiger partial charge in [-0.1, -0.05) is 34.1 Å². The summed E-state index contributed by atoms with van der Waals surface area (Å²) in [4.78, 5) is 0. The predicted octanol–water partition coefficient (Wildman–Crippen LogP) is 5.13. The molecule has 0 unspecified atom stereocenters. The van der Waals surface area contributed by atoms with Crippen LogP contribution in [-0.2, 0) is 5.33 Å². The second kappa shape index (κ2) is 5.53. The van der Waals surface area contributed by atoms with Crippen molar-refractivity contribution in [3.63, 3.8) is 0 Å². The summed E-state index contributed by atoms with van der Waals surface area (Å²) in [7, 11) is 0. The Morgan fingerprint density at radius 2 is 1.78 bits per heavy atom. The smallest absolute Gasteiger partial charge is 0.167 e. The van der Waals surface area contributed by atoms with Gasteiger partial charge in [0.1, 0.15) is 5.75 Å². The van der Waals surface area contributed by atoms with Crippen LogP contribution in [0.25, 0.3) is 0 Å². The van der Waals surface area contributed by atoms with Gasteiger partial charge in [0.25, 0.3) is 0 Å². The Bertz CT molecular complexity index is 546. The minimum absolute atomic E-state index is 0.291. The van der Waals surface area contributed by atoms with Gasteiger partial charge in [-0.25, -0.2) is 4.39 Å². The lowest BCUT2D eigenvalue weighted by molar-refractivity contribution is 0.438. The van der Waals surface area contributed by atoms with Crippen molar-refractivity contribution in [1.82, 2.24) is 0 Å². The number of aryl methyl sites for hydroxylation is 2. The second-order valence-corrected chi connectivity index (χ2v) is 4.85. The van der Waals surface area contributed by atoms with Gasteiger partial charge in [0.2, 0.25) is 0 Å². The minimum atomic E-state index is -0.342. The molecule has 0 aliphatic rings. The van der Waals surface area contributed by atoms with Crippen molar-refractivity contribution in [3.8, 4) is 11.5 Å². The van der Waals surface area contributed by atoms with Crippen LogP contribution in [0.15, 0.2) is 36.4 Å². The van der Waals surface area contributed by atoms with E-state index < -0.39 is 0 Å². The molecule has 3 heteroatoms. The predicted molar refractivity (Wildman–Crippen MR) is 75.0 cm³/mol. The average Bonchev–Trinajstić information content (AvgIpc) is 2.30. The van der Waals surface area contributed by atoms with E-state index >= 15 is 0 Å². The summed E-state index contributed by atoms with van der Waals surface area (Å²) in [6, 6.07) is 10.8. The molecule has 2 rings (SSSR count). The maximum atomic E-state index is 13.8. The Hall–Kier alpha value is -1.35. The Balaban J connectivity index is 2.39. The maximum absolute atomic E-state index is 13.8. The van der Waals surface area contributed by atoms with Gasteiger partial charge in [0, 0.05) is 10.9 Å². The van der Waals surface area contributed by atoms with Gasteiger partial charge in [0.05, 0.1) is 0 Å². The van der Waals surface area contributed by atoms with E-state index in [0.29, 0.717) is 16.8 Å². The number of para-hydroxylation sites is 1. The van der Waals surface area contributed by atoms with Crippen LogP contribution in [0.2, 0.25) is 0 Å². The zero-order valence-corrected chi connectivity index (χ0v) is 11.9. The molecule has 1 nitrogen and oxygen atoms in total. The van der Waals surface area contributed by atoms with Crippen molar-refractivity contribution in [2.24, 2.45) is 0 Å². The molecular weight excluding hydrogens is 295 g/mol. The fraction of sp³-hybridized carbons (Fsp3) is 0.200. The standard InChI is InChI=1S/C15H14BrFO/c1-10-6-11(2)8-13(7-10)18-15-12(9-16)4-3-5-14(15)17/h3-8H,9H2,1-2H3. The highest BCUT2D eigenvalue weighted by atomic mass is 79.9. The molecule has 0 aromatic heterocycles. The monoisotopic (exact) mass is 308 g/mol. The molecule has 0 amide bonds. The van der Waals surface area contributed by atoms with Crippen LogP contribution >= 0.6 is 15.9 Å². The van der Waals surface area contributed by atoms with Crippen LogP contribution in [0.1, 0.15) is 16.7 Å². The summed E-state index contributed by atoms with van der Waals surface area (Å²) >= 11 is 3.34. The van der Waals surface area contributed by atoms with Gasteiger partial charge < -0.3 is 4.74 Å². The van der Waals surface area contributed by atoms with Crippen molar-refractivity contribution in [2.75, 3.05) is 0 Å². The fourth-order valence-electron chi connectivity index (χ4n) is 1.88. The van der Waals surface area contributed by atoms with Gasteiger partial charge in [-0.15, -0.1) is 0 Å². The van der Waals surface area contributed by atoms with E-state index in [9.17, 15) is 4.39 Å². The number of ether oxygens (including phenoxy) is 1. The van der Waals surface area contributed by atoms with E-state index in [1.54, 1.807) is 6.07 Å². The van der Waals surface area contributed by atoms with Crippen molar-refractivity contribution in [2.45, 2.75) is 19.2 Å². The molecule has 0 fully saturated rings. The summed E-state index contributed by atoms with van der Waals surface area (Å²) < 4.78 is 19.5. The molecule has 0 N–H and O–H groups in total. The molecular formula is C15H14BrFO. The van der Waals surface area contributed by atoms with Crippen molar-refractivity contribution >= 4 is 15.9 Å². The first kappa shape index (κ1) is 13.1. The van der Waals surface area contributed by atoms with Crippen LogP contribution in [0.5, 0.6) is 11.5 Å². The first-order valence-electron chi connectivity index (χ1n) is 5.69. The van der Waals surface area contributed by atoms with E-state index in [0.717, 1.165) is 16.7 Å². The zero-order chi connectivity index (χ0) is 13.1. The molecule has 0 aliphatic heterocycles. The Kier molecular flexibility index (Phi) is 4.02. The van der Waals surface area contributed by atoms with Crippen molar-refractivity contribution in [3.05, 3.63) is 58.9 Å². The van der Waals surface area contributed by atoms with E-state index in [1.165, 1.54) is 6.07 Å². The molecule has 0 saturated carbocycles. The lowest BCUT2D eigenvalue weighted by Crippen LogP contribution is -1.94. The topological polar surface area (TPSA) is 9.23 Å². The Morgan fingerprint density at radius 3 is 2.39 bits per heavy atom. The quantitative estimate of drug-likeness (QED) is 0.714. The molecule has 2 aromatic rings. The highest BCUT2D eigenvalue weighted by molar-refractivity contribution is 9.08. The van der Waals surface area contributed by atoms with Crippen molar-refractivity contribution < 1.29 is 9.13 Å². The molecule has 0 bridgehead atoms. The Labute approximate surface area is 115 Å². The van der Waals surface area contributed by atoms with Crippen LogP contribution in [0, 0.1) is 19.7 Å². The molecule has 18 heavy (non-hydrogen) atoms. The lowest BCUT2D eigenvalue weighted by atomic mass is 10.1. The summed E-state index contributed by atoms with van der Waals surface area (Å²) in [6.45, 7) is 3.99. The average molecular weight is 309 g/mol. The zero-order valence-electron chi connectivity index (χ0n) is 10.3. The van der Waals surface area contributed by atoms with Crippen LogP contribution in [0.3, 0.4) is 0 Å². The summed E-state index contributed by atoms with van der Waals surface area (Å²) in [6.07, 6.45) is 0. The van der Waals surface area contributed by atoms with Crippen LogP contribution < -0.4 is 4.74 Å². The third-order valence-electron chi connectivity index (χ3n) is 2.61. The molecule has 0 atom stereocenters. The number of hydrogen-bond acceptors (Lipinski definition) is 1. The van der Waals surface area contributed by atoms with E-state index in [1.807, 2.05) is 32.0 Å². The third kappa shape index (κ3) is 2.91. The summed E-state index contributed by atoms with van der Waals surface area (Å²) in [5.41, 5.74) is 3.00. The highest BCUT2D eigenvalue weighted by Gasteiger charge is 2.10. The van der Waals surface area contributed by atoms with E-state index in [-0.39, 0.29) is 5.82 Å². The highest BCUT2D eigenvalue weighted by Crippen LogP contribution is 2.30. The largest absolute Gasteiger partial charge is 0.454 e. The van der Waals surface area contributed by atoms with Gasteiger partial charge in [-0.05, 0) is 43.2 Å². The SMILES string of the molecule is Cc1cc(C)cc(Oc2c(F)cccc2CBr)c1. The number of benzene rings is 2. The van der Waals surface area contributed by atoms with E-state index in [2.05, 4.69) is 22.0 Å². The summed E-state index contributed by atoms with van der Waals surface area (Å²) in [5, 5.41) is 0.560. The van der Waals surface area contributed by atoms with Crippen LogP contribution in [0.4, 0.5) is 4.39 Å². The van der Waals surface area contributed by atoms with Crippen molar-refractivity contribution in [1.29, 1.82) is 0 Å². The molecule has 0 spiro atoms. The minimum Gasteiger partial charge on any atom is -0.454 e.